The monoisotopic (exact) mass is 216 g/mol. The van der Waals surface area contributed by atoms with Crippen LogP contribution >= 0.6 is 24.8 Å². The molecule has 3 nitrogen and oxygen atoms in total. The Morgan fingerprint density at radius 2 is 2.08 bits per heavy atom. The van der Waals surface area contributed by atoms with Crippen molar-refractivity contribution < 1.29 is 5.11 Å². The lowest BCUT2D eigenvalue weighted by atomic mass is 9.95. The minimum absolute atomic E-state index is 0. The summed E-state index contributed by atoms with van der Waals surface area (Å²) in [6, 6.07) is 0. The summed E-state index contributed by atoms with van der Waals surface area (Å²) < 4.78 is 0. The molecule has 0 amide bonds. The Morgan fingerprint density at radius 1 is 1.50 bits per heavy atom. The van der Waals surface area contributed by atoms with Gasteiger partial charge in [0.05, 0.1) is 6.10 Å². The van der Waals surface area contributed by atoms with Gasteiger partial charge in [-0.3, -0.25) is 0 Å². The number of piperidine rings is 1. The van der Waals surface area contributed by atoms with Crippen LogP contribution in [-0.4, -0.2) is 42.8 Å². The van der Waals surface area contributed by atoms with Crippen LogP contribution in [0.3, 0.4) is 0 Å². The van der Waals surface area contributed by atoms with Crippen LogP contribution in [0.4, 0.5) is 0 Å². The van der Waals surface area contributed by atoms with Gasteiger partial charge in [0, 0.05) is 19.0 Å². The van der Waals surface area contributed by atoms with Crippen LogP contribution in [0.1, 0.15) is 6.42 Å². The molecule has 0 aromatic rings. The van der Waals surface area contributed by atoms with Crippen LogP contribution in [0.15, 0.2) is 0 Å². The number of halogens is 2. The number of aliphatic hydroxyl groups excluding tert-OH is 1. The molecule has 5 heteroatoms. The summed E-state index contributed by atoms with van der Waals surface area (Å²) in [6.07, 6.45) is 0.708. The van der Waals surface area contributed by atoms with Crippen LogP contribution in [0.5, 0.6) is 0 Å². The SMILES string of the molecule is CN1CCC(O)C(CN)C1.Cl.Cl. The first kappa shape index (κ1) is 15.0. The predicted molar refractivity (Wildman–Crippen MR) is 55.2 cm³/mol. The lowest BCUT2D eigenvalue weighted by Gasteiger charge is -2.32. The summed E-state index contributed by atoms with van der Waals surface area (Å²) in [5.74, 6) is 0.291. The fourth-order valence-corrected chi connectivity index (χ4v) is 1.43. The highest BCUT2D eigenvalue weighted by molar-refractivity contribution is 5.85. The second kappa shape index (κ2) is 6.92. The molecule has 1 rings (SSSR count). The van der Waals surface area contributed by atoms with Gasteiger partial charge in [-0.1, -0.05) is 0 Å². The molecular weight excluding hydrogens is 199 g/mol. The molecular formula is C7H18Cl2N2O. The zero-order valence-electron chi connectivity index (χ0n) is 7.27. The third kappa shape index (κ3) is 3.92. The first-order valence-electron chi connectivity index (χ1n) is 3.80. The Morgan fingerprint density at radius 3 is 2.50 bits per heavy atom. The van der Waals surface area contributed by atoms with E-state index in [2.05, 4.69) is 11.9 Å². The van der Waals surface area contributed by atoms with E-state index >= 15 is 0 Å². The van der Waals surface area contributed by atoms with Gasteiger partial charge in [-0.15, -0.1) is 24.8 Å². The molecule has 12 heavy (non-hydrogen) atoms. The van der Waals surface area contributed by atoms with Crippen LogP contribution in [0, 0.1) is 5.92 Å². The van der Waals surface area contributed by atoms with Gasteiger partial charge in [-0.2, -0.15) is 0 Å². The number of likely N-dealkylation sites (tertiary alicyclic amines) is 1. The Bertz CT molecular complexity index is 116. The van der Waals surface area contributed by atoms with Gasteiger partial charge >= 0.3 is 0 Å². The van der Waals surface area contributed by atoms with E-state index < -0.39 is 0 Å². The summed E-state index contributed by atoms with van der Waals surface area (Å²) in [5, 5.41) is 9.38. The quantitative estimate of drug-likeness (QED) is 0.655. The van der Waals surface area contributed by atoms with E-state index in [9.17, 15) is 5.11 Å². The lowest BCUT2D eigenvalue weighted by molar-refractivity contribution is 0.0406. The van der Waals surface area contributed by atoms with Crippen molar-refractivity contribution in [2.75, 3.05) is 26.7 Å². The maximum Gasteiger partial charge on any atom is 0.0604 e. The first-order valence-corrected chi connectivity index (χ1v) is 3.80. The van der Waals surface area contributed by atoms with Gasteiger partial charge in [0.25, 0.3) is 0 Å². The molecule has 2 atom stereocenters. The summed E-state index contributed by atoms with van der Waals surface area (Å²) >= 11 is 0. The van der Waals surface area contributed by atoms with Crippen LogP contribution in [-0.2, 0) is 0 Å². The van der Waals surface area contributed by atoms with Gasteiger partial charge in [0.15, 0.2) is 0 Å². The molecule has 3 N–H and O–H groups in total. The molecule has 0 radical (unpaired) electrons. The van der Waals surface area contributed by atoms with E-state index in [1.165, 1.54) is 0 Å². The number of hydrogen-bond donors (Lipinski definition) is 2. The van der Waals surface area contributed by atoms with Gasteiger partial charge in [-0.05, 0) is 20.0 Å². The molecule has 0 aromatic carbocycles. The molecule has 0 bridgehead atoms. The third-order valence-electron chi connectivity index (χ3n) is 2.20. The van der Waals surface area contributed by atoms with Crippen molar-refractivity contribution in [3.05, 3.63) is 0 Å². The summed E-state index contributed by atoms with van der Waals surface area (Å²) in [6.45, 7) is 2.54. The molecule has 0 spiro atoms. The number of aliphatic hydroxyl groups is 1. The Hall–Kier alpha value is 0.460. The molecule has 2 unspecified atom stereocenters. The average molecular weight is 217 g/mol. The average Bonchev–Trinajstić information content (AvgIpc) is 1.94. The minimum Gasteiger partial charge on any atom is -0.393 e. The second-order valence-corrected chi connectivity index (χ2v) is 3.11. The highest BCUT2D eigenvalue weighted by Gasteiger charge is 2.23. The van der Waals surface area contributed by atoms with Gasteiger partial charge in [-0.25, -0.2) is 0 Å². The molecule has 0 saturated carbocycles. The van der Waals surface area contributed by atoms with Crippen molar-refractivity contribution in [2.24, 2.45) is 11.7 Å². The van der Waals surface area contributed by atoms with E-state index in [0.717, 1.165) is 19.5 Å². The molecule has 1 heterocycles. The van der Waals surface area contributed by atoms with E-state index in [4.69, 9.17) is 5.73 Å². The van der Waals surface area contributed by atoms with E-state index in [1.807, 2.05) is 0 Å². The van der Waals surface area contributed by atoms with Crippen LogP contribution in [0.25, 0.3) is 0 Å². The van der Waals surface area contributed by atoms with E-state index in [0.29, 0.717) is 12.5 Å². The first-order chi connectivity index (χ1) is 4.74. The highest BCUT2D eigenvalue weighted by atomic mass is 35.5. The second-order valence-electron chi connectivity index (χ2n) is 3.11. The van der Waals surface area contributed by atoms with E-state index in [1.54, 1.807) is 0 Å². The van der Waals surface area contributed by atoms with Crippen molar-refractivity contribution in [3.8, 4) is 0 Å². The fourth-order valence-electron chi connectivity index (χ4n) is 1.43. The Balaban J connectivity index is 0. The van der Waals surface area contributed by atoms with E-state index in [-0.39, 0.29) is 30.9 Å². The van der Waals surface area contributed by atoms with Crippen molar-refractivity contribution in [1.29, 1.82) is 0 Å². The Labute approximate surface area is 86.1 Å². The van der Waals surface area contributed by atoms with Crippen molar-refractivity contribution in [2.45, 2.75) is 12.5 Å². The molecule has 1 fully saturated rings. The number of nitrogens with zero attached hydrogens (tertiary/aromatic N) is 1. The fraction of sp³-hybridized carbons (Fsp3) is 1.00. The smallest absolute Gasteiger partial charge is 0.0604 e. The van der Waals surface area contributed by atoms with Crippen molar-refractivity contribution >= 4 is 24.8 Å². The molecule has 0 aliphatic carbocycles. The number of nitrogens with two attached hydrogens (primary N) is 1. The van der Waals surface area contributed by atoms with Crippen LogP contribution < -0.4 is 5.73 Å². The number of rotatable bonds is 1. The van der Waals surface area contributed by atoms with Crippen LogP contribution in [0.2, 0.25) is 0 Å². The molecule has 76 valence electrons. The minimum atomic E-state index is -0.166. The number of hydrogen-bond acceptors (Lipinski definition) is 3. The topological polar surface area (TPSA) is 49.5 Å². The van der Waals surface area contributed by atoms with Crippen molar-refractivity contribution in [1.82, 2.24) is 4.90 Å². The lowest BCUT2D eigenvalue weighted by Crippen LogP contribution is -2.44. The zero-order chi connectivity index (χ0) is 7.56. The normalized spacial score (nSPS) is 30.2. The Kier molecular flexibility index (Phi) is 8.63. The molecule has 1 aliphatic rings. The maximum absolute atomic E-state index is 9.38. The highest BCUT2D eigenvalue weighted by Crippen LogP contribution is 2.13. The third-order valence-corrected chi connectivity index (χ3v) is 2.20. The summed E-state index contributed by atoms with van der Waals surface area (Å²) in [5.41, 5.74) is 5.47. The van der Waals surface area contributed by atoms with Crippen molar-refractivity contribution in [3.63, 3.8) is 0 Å². The molecule has 0 aromatic heterocycles. The van der Waals surface area contributed by atoms with Gasteiger partial charge in [0.2, 0.25) is 0 Å². The zero-order valence-corrected chi connectivity index (χ0v) is 8.90. The largest absolute Gasteiger partial charge is 0.393 e. The predicted octanol–water partition coefficient (Wildman–Crippen LogP) is 0.101. The summed E-state index contributed by atoms with van der Waals surface area (Å²) in [4.78, 5) is 2.21. The van der Waals surface area contributed by atoms with Gasteiger partial charge in [0.1, 0.15) is 0 Å². The van der Waals surface area contributed by atoms with Gasteiger partial charge < -0.3 is 15.7 Å². The standard InChI is InChI=1S/C7H16N2O.2ClH/c1-9-3-2-7(10)6(4-8)5-9;;/h6-7,10H,2-5,8H2,1H3;2*1H. The molecule has 1 saturated heterocycles. The molecule has 1 aliphatic heterocycles. The maximum atomic E-state index is 9.38. The summed E-state index contributed by atoms with van der Waals surface area (Å²) in [7, 11) is 2.06.